The zero-order valence-corrected chi connectivity index (χ0v) is 16.5. The highest BCUT2D eigenvalue weighted by Crippen LogP contribution is 2.36. The number of hydrogen-bond acceptors (Lipinski definition) is 5. The van der Waals surface area contributed by atoms with Crippen LogP contribution >= 0.6 is 11.6 Å². The summed E-state index contributed by atoms with van der Waals surface area (Å²) in [5.74, 6) is -0.286. The first-order valence-electron chi connectivity index (χ1n) is 8.93. The zero-order chi connectivity index (χ0) is 21.7. The molecule has 0 aliphatic heterocycles. The van der Waals surface area contributed by atoms with Gasteiger partial charge in [-0.05, 0) is 43.3 Å². The number of benzene rings is 2. The van der Waals surface area contributed by atoms with Gasteiger partial charge in [-0.1, -0.05) is 28.9 Å². The van der Waals surface area contributed by atoms with Crippen LogP contribution in [-0.2, 0) is 17.4 Å². The van der Waals surface area contributed by atoms with Crippen LogP contribution in [0.4, 0.5) is 13.2 Å². The quantitative estimate of drug-likeness (QED) is 0.585. The molecule has 30 heavy (non-hydrogen) atoms. The minimum absolute atomic E-state index is 0.149. The molecule has 10 heteroatoms. The molecule has 1 amide bonds. The maximum absolute atomic E-state index is 13.0. The van der Waals surface area contributed by atoms with E-state index < -0.39 is 29.5 Å². The lowest BCUT2D eigenvalue weighted by Crippen LogP contribution is -2.37. The Balaban J connectivity index is 1.52. The van der Waals surface area contributed by atoms with Crippen molar-refractivity contribution in [2.45, 2.75) is 25.6 Å². The molecule has 3 aromatic rings. The molecule has 158 valence electrons. The van der Waals surface area contributed by atoms with E-state index in [1.165, 1.54) is 25.1 Å². The summed E-state index contributed by atoms with van der Waals surface area (Å²) in [7, 11) is 0. The number of carbonyl (C=O) groups is 1. The highest BCUT2D eigenvalue weighted by atomic mass is 35.5. The van der Waals surface area contributed by atoms with Gasteiger partial charge in [0.2, 0.25) is 11.7 Å². The fourth-order valence-electron chi connectivity index (χ4n) is 2.56. The van der Waals surface area contributed by atoms with Crippen molar-refractivity contribution in [2.24, 2.45) is 0 Å². The normalized spacial score (nSPS) is 12.4. The minimum atomic E-state index is -4.58. The number of alkyl halides is 3. The molecule has 1 N–H and O–H groups in total. The second-order valence-electron chi connectivity index (χ2n) is 6.31. The Morgan fingerprint density at radius 2 is 1.90 bits per heavy atom. The van der Waals surface area contributed by atoms with Crippen molar-refractivity contribution in [1.29, 1.82) is 0 Å². The van der Waals surface area contributed by atoms with Crippen molar-refractivity contribution in [3.05, 3.63) is 65.0 Å². The van der Waals surface area contributed by atoms with Crippen molar-refractivity contribution in [3.63, 3.8) is 0 Å². The number of ether oxygens (including phenoxy) is 1. The highest BCUT2D eigenvalue weighted by molar-refractivity contribution is 6.30. The van der Waals surface area contributed by atoms with E-state index in [2.05, 4.69) is 15.5 Å². The lowest BCUT2D eigenvalue weighted by atomic mass is 10.2. The Morgan fingerprint density at radius 3 is 2.60 bits per heavy atom. The largest absolute Gasteiger partial charge is 0.480 e. The van der Waals surface area contributed by atoms with Crippen LogP contribution in [-0.4, -0.2) is 28.7 Å². The van der Waals surface area contributed by atoms with Gasteiger partial charge in [-0.15, -0.1) is 0 Å². The van der Waals surface area contributed by atoms with Crippen LogP contribution in [0.1, 0.15) is 18.4 Å². The first-order chi connectivity index (χ1) is 14.2. The van der Waals surface area contributed by atoms with Gasteiger partial charge in [-0.25, -0.2) is 0 Å². The summed E-state index contributed by atoms with van der Waals surface area (Å²) < 4.78 is 49.4. The summed E-state index contributed by atoms with van der Waals surface area (Å²) in [6, 6.07) is 11.6. The number of para-hydroxylation sites is 1. The first kappa shape index (κ1) is 21.6. The second-order valence-corrected chi connectivity index (χ2v) is 6.75. The molecule has 0 bridgehead atoms. The number of halogens is 4. The summed E-state index contributed by atoms with van der Waals surface area (Å²) >= 11 is 5.84. The van der Waals surface area contributed by atoms with Crippen LogP contribution in [0.15, 0.2) is 53.1 Å². The van der Waals surface area contributed by atoms with Gasteiger partial charge in [0.05, 0.1) is 5.56 Å². The van der Waals surface area contributed by atoms with E-state index >= 15 is 0 Å². The number of nitrogens with zero attached hydrogens (tertiary/aromatic N) is 2. The zero-order valence-electron chi connectivity index (χ0n) is 15.7. The molecule has 0 aliphatic rings. The fourth-order valence-corrected chi connectivity index (χ4v) is 2.68. The lowest BCUT2D eigenvalue weighted by Gasteiger charge is -2.18. The summed E-state index contributed by atoms with van der Waals surface area (Å²) in [6.07, 6.45) is -5.45. The first-order valence-corrected chi connectivity index (χ1v) is 9.31. The number of hydrogen-bond donors (Lipinski definition) is 1. The van der Waals surface area contributed by atoms with Crippen LogP contribution in [0.5, 0.6) is 5.75 Å². The van der Waals surface area contributed by atoms with Crippen LogP contribution < -0.4 is 10.1 Å². The van der Waals surface area contributed by atoms with Crippen molar-refractivity contribution in [2.75, 3.05) is 6.54 Å². The molecule has 2 aromatic carbocycles. The van der Waals surface area contributed by atoms with Gasteiger partial charge in [0.15, 0.2) is 6.10 Å². The van der Waals surface area contributed by atoms with Gasteiger partial charge >= 0.3 is 6.18 Å². The van der Waals surface area contributed by atoms with Crippen molar-refractivity contribution in [3.8, 4) is 17.1 Å². The lowest BCUT2D eigenvalue weighted by molar-refractivity contribution is -0.140. The Hall–Kier alpha value is -3.07. The number of nitrogens with one attached hydrogen (secondary N) is 1. The Morgan fingerprint density at radius 1 is 1.20 bits per heavy atom. The topological polar surface area (TPSA) is 77.2 Å². The molecule has 0 radical (unpaired) electrons. The van der Waals surface area contributed by atoms with E-state index in [1.54, 1.807) is 24.3 Å². The molecule has 0 spiro atoms. The Labute approximate surface area is 175 Å². The van der Waals surface area contributed by atoms with E-state index in [1.807, 2.05) is 0 Å². The predicted octanol–water partition coefficient (Wildman–Crippen LogP) is 4.54. The average molecular weight is 440 g/mol. The maximum atomic E-state index is 13.0. The van der Waals surface area contributed by atoms with E-state index in [0.717, 1.165) is 11.6 Å². The molecule has 1 heterocycles. The SMILES string of the molecule is CC(Oc1ccccc1C(F)(F)F)C(=O)NCCc1nc(-c2ccc(Cl)cc2)no1. The molecule has 6 nitrogen and oxygen atoms in total. The van der Waals surface area contributed by atoms with Gasteiger partial charge in [-0.3, -0.25) is 4.79 Å². The summed E-state index contributed by atoms with van der Waals surface area (Å²) in [4.78, 5) is 16.4. The molecule has 0 saturated heterocycles. The van der Waals surface area contributed by atoms with Gasteiger partial charge in [-0.2, -0.15) is 18.2 Å². The molecular formula is C20H17ClF3N3O3. The number of aromatic nitrogens is 2. The monoisotopic (exact) mass is 439 g/mol. The molecule has 0 fully saturated rings. The molecule has 1 atom stereocenters. The molecule has 3 rings (SSSR count). The molecule has 0 saturated carbocycles. The summed E-state index contributed by atoms with van der Waals surface area (Å²) in [6.45, 7) is 1.52. The van der Waals surface area contributed by atoms with Crippen molar-refractivity contribution >= 4 is 17.5 Å². The van der Waals surface area contributed by atoms with Gasteiger partial charge < -0.3 is 14.6 Å². The maximum Gasteiger partial charge on any atom is 0.419 e. The van der Waals surface area contributed by atoms with Crippen LogP contribution in [0, 0.1) is 0 Å². The molecular weight excluding hydrogens is 423 g/mol. The van der Waals surface area contributed by atoms with E-state index in [0.29, 0.717) is 16.7 Å². The Kier molecular flexibility index (Phi) is 6.61. The van der Waals surface area contributed by atoms with E-state index in [4.69, 9.17) is 20.9 Å². The standard InChI is InChI=1S/C20H17ClF3N3O3/c1-12(29-16-5-3-2-4-15(16)20(22,23)24)19(28)25-11-10-17-26-18(27-30-17)13-6-8-14(21)9-7-13/h2-9,12H,10-11H2,1H3,(H,25,28). The summed E-state index contributed by atoms with van der Waals surface area (Å²) in [5.41, 5.74) is -0.214. The summed E-state index contributed by atoms with van der Waals surface area (Å²) in [5, 5.41) is 7.02. The average Bonchev–Trinajstić information content (AvgIpc) is 3.17. The second kappa shape index (κ2) is 9.17. The minimum Gasteiger partial charge on any atom is -0.480 e. The third-order valence-electron chi connectivity index (χ3n) is 4.07. The Bertz CT molecular complexity index is 1010. The highest BCUT2D eigenvalue weighted by Gasteiger charge is 2.34. The third kappa shape index (κ3) is 5.50. The van der Waals surface area contributed by atoms with Crippen LogP contribution in [0.2, 0.25) is 5.02 Å². The third-order valence-corrected chi connectivity index (χ3v) is 4.33. The smallest absolute Gasteiger partial charge is 0.419 e. The fraction of sp³-hybridized carbons (Fsp3) is 0.250. The van der Waals surface area contributed by atoms with Gasteiger partial charge in [0.25, 0.3) is 5.91 Å². The number of amides is 1. The predicted molar refractivity (Wildman–Crippen MR) is 103 cm³/mol. The molecule has 1 unspecified atom stereocenters. The number of carbonyl (C=O) groups excluding carboxylic acids is 1. The van der Waals surface area contributed by atoms with Crippen LogP contribution in [0.3, 0.4) is 0 Å². The molecule has 1 aromatic heterocycles. The van der Waals surface area contributed by atoms with Crippen LogP contribution in [0.25, 0.3) is 11.4 Å². The van der Waals surface area contributed by atoms with Crippen molar-refractivity contribution < 1.29 is 27.2 Å². The van der Waals surface area contributed by atoms with E-state index in [9.17, 15) is 18.0 Å². The van der Waals surface area contributed by atoms with Gasteiger partial charge in [0.1, 0.15) is 5.75 Å². The van der Waals surface area contributed by atoms with E-state index in [-0.39, 0.29) is 13.0 Å². The number of rotatable bonds is 7. The van der Waals surface area contributed by atoms with Gasteiger partial charge in [0, 0.05) is 23.6 Å². The molecule has 0 aliphatic carbocycles. The van der Waals surface area contributed by atoms with Crippen molar-refractivity contribution in [1.82, 2.24) is 15.5 Å².